The van der Waals surface area contributed by atoms with Gasteiger partial charge in [0.15, 0.2) is 5.82 Å². The average molecular weight is 308 g/mol. The molecule has 1 unspecified atom stereocenters. The van der Waals surface area contributed by atoms with Gasteiger partial charge in [0.2, 0.25) is 0 Å². The molecule has 4 nitrogen and oxygen atoms in total. The van der Waals surface area contributed by atoms with Crippen LogP contribution < -0.4 is 5.32 Å². The summed E-state index contributed by atoms with van der Waals surface area (Å²) in [7, 11) is 0. The monoisotopic (exact) mass is 307 g/mol. The van der Waals surface area contributed by atoms with Gasteiger partial charge in [-0.05, 0) is 59.9 Å². The maximum absolute atomic E-state index is 5.35. The number of benzene rings is 1. The number of nitrogens with one attached hydrogen (secondary N) is 1. The van der Waals surface area contributed by atoms with Crippen molar-refractivity contribution in [3.05, 3.63) is 34.1 Å². The third-order valence-corrected chi connectivity index (χ3v) is 3.82. The van der Waals surface area contributed by atoms with Crippen LogP contribution in [-0.4, -0.2) is 16.7 Å². The molecule has 1 aliphatic rings. The van der Waals surface area contributed by atoms with Gasteiger partial charge in [-0.1, -0.05) is 11.2 Å². The molecule has 5 heteroatoms. The maximum atomic E-state index is 5.35. The lowest BCUT2D eigenvalue weighted by molar-refractivity contribution is 0.412. The van der Waals surface area contributed by atoms with Gasteiger partial charge in [0, 0.05) is 4.47 Å². The molecule has 1 fully saturated rings. The van der Waals surface area contributed by atoms with Gasteiger partial charge < -0.3 is 9.84 Å². The van der Waals surface area contributed by atoms with Crippen molar-refractivity contribution in [1.82, 2.24) is 15.5 Å². The van der Waals surface area contributed by atoms with E-state index in [-0.39, 0.29) is 6.04 Å². The molecule has 1 atom stereocenters. The van der Waals surface area contributed by atoms with Gasteiger partial charge in [-0.2, -0.15) is 4.98 Å². The van der Waals surface area contributed by atoms with Gasteiger partial charge in [0.25, 0.3) is 5.89 Å². The Labute approximate surface area is 114 Å². The third kappa shape index (κ3) is 2.20. The molecule has 0 amide bonds. The lowest BCUT2D eigenvalue weighted by atomic mass is 10.1. The minimum absolute atomic E-state index is 0.242. The van der Waals surface area contributed by atoms with Crippen molar-refractivity contribution < 1.29 is 4.52 Å². The zero-order valence-electron chi connectivity index (χ0n) is 10.1. The standard InChI is InChI=1S/C13H14BrN3O/c1-8-4-5-9(10(14)7-8)13-16-12(17-18-13)11-3-2-6-15-11/h4-5,7,11,15H,2-3,6H2,1H3. The van der Waals surface area contributed by atoms with Gasteiger partial charge in [0.1, 0.15) is 0 Å². The fourth-order valence-corrected chi connectivity index (χ4v) is 2.85. The third-order valence-electron chi connectivity index (χ3n) is 3.17. The highest BCUT2D eigenvalue weighted by Crippen LogP contribution is 2.29. The molecule has 0 bridgehead atoms. The minimum Gasteiger partial charge on any atom is -0.334 e. The smallest absolute Gasteiger partial charge is 0.259 e. The first-order valence-corrected chi connectivity index (χ1v) is 6.87. The molecule has 0 spiro atoms. The van der Waals surface area contributed by atoms with Crippen LogP contribution >= 0.6 is 15.9 Å². The van der Waals surface area contributed by atoms with Crippen molar-refractivity contribution in [2.24, 2.45) is 0 Å². The van der Waals surface area contributed by atoms with Crippen LogP contribution in [0.25, 0.3) is 11.5 Å². The Hall–Kier alpha value is -1.20. The molecule has 94 valence electrons. The molecule has 1 aromatic heterocycles. The fraction of sp³-hybridized carbons (Fsp3) is 0.385. The second kappa shape index (κ2) is 4.82. The summed E-state index contributed by atoms with van der Waals surface area (Å²) in [5.74, 6) is 1.33. The predicted molar refractivity (Wildman–Crippen MR) is 72.1 cm³/mol. The van der Waals surface area contributed by atoms with Crippen molar-refractivity contribution >= 4 is 15.9 Å². The lowest BCUT2D eigenvalue weighted by Gasteiger charge is -2.02. The van der Waals surface area contributed by atoms with E-state index in [1.165, 1.54) is 12.0 Å². The molecule has 1 N–H and O–H groups in total. The van der Waals surface area contributed by atoms with Crippen molar-refractivity contribution in [3.63, 3.8) is 0 Å². The molecule has 18 heavy (non-hydrogen) atoms. The first kappa shape index (κ1) is 11.9. The first-order valence-electron chi connectivity index (χ1n) is 6.07. The Kier molecular flexibility index (Phi) is 3.18. The molecule has 2 aromatic rings. The molecule has 0 saturated carbocycles. The summed E-state index contributed by atoms with van der Waals surface area (Å²) in [5.41, 5.74) is 2.14. The largest absolute Gasteiger partial charge is 0.334 e. The van der Waals surface area contributed by atoms with E-state index in [1.54, 1.807) is 0 Å². The predicted octanol–water partition coefficient (Wildman–Crippen LogP) is 3.23. The van der Waals surface area contributed by atoms with Crippen molar-refractivity contribution in [2.75, 3.05) is 6.54 Å². The van der Waals surface area contributed by atoms with Crippen molar-refractivity contribution in [1.29, 1.82) is 0 Å². The van der Waals surface area contributed by atoms with E-state index >= 15 is 0 Å². The van der Waals surface area contributed by atoms with Gasteiger partial charge in [-0.3, -0.25) is 0 Å². The second-order valence-corrected chi connectivity index (χ2v) is 5.44. The lowest BCUT2D eigenvalue weighted by Crippen LogP contribution is -2.14. The van der Waals surface area contributed by atoms with E-state index in [4.69, 9.17) is 4.52 Å². The Morgan fingerprint density at radius 2 is 2.33 bits per heavy atom. The number of aromatic nitrogens is 2. The van der Waals surface area contributed by atoms with Crippen LogP contribution in [0.1, 0.15) is 30.3 Å². The molecular formula is C13H14BrN3O. The van der Waals surface area contributed by atoms with E-state index in [2.05, 4.69) is 38.3 Å². The van der Waals surface area contributed by atoms with Gasteiger partial charge in [-0.25, -0.2) is 0 Å². The minimum atomic E-state index is 0.242. The SMILES string of the molecule is Cc1ccc(-c2nc(C3CCCN3)no2)c(Br)c1. The number of rotatable bonds is 2. The number of hydrogen-bond acceptors (Lipinski definition) is 4. The molecular weight excluding hydrogens is 294 g/mol. The second-order valence-electron chi connectivity index (χ2n) is 4.59. The molecule has 0 aliphatic carbocycles. The van der Waals surface area contributed by atoms with Gasteiger partial charge >= 0.3 is 0 Å². The van der Waals surface area contributed by atoms with E-state index in [0.29, 0.717) is 5.89 Å². The van der Waals surface area contributed by atoms with Crippen LogP contribution in [-0.2, 0) is 0 Å². The maximum Gasteiger partial charge on any atom is 0.259 e. The summed E-state index contributed by atoms with van der Waals surface area (Å²) in [5, 5.41) is 7.43. The fourth-order valence-electron chi connectivity index (χ4n) is 2.18. The average Bonchev–Trinajstić information content (AvgIpc) is 2.99. The van der Waals surface area contributed by atoms with E-state index < -0.39 is 0 Å². The van der Waals surface area contributed by atoms with Crippen LogP contribution in [0.5, 0.6) is 0 Å². The highest BCUT2D eigenvalue weighted by atomic mass is 79.9. The number of hydrogen-bond donors (Lipinski definition) is 1. The highest BCUT2D eigenvalue weighted by molar-refractivity contribution is 9.10. The van der Waals surface area contributed by atoms with Crippen LogP contribution in [0.4, 0.5) is 0 Å². The van der Waals surface area contributed by atoms with Crippen LogP contribution in [0, 0.1) is 6.92 Å². The topological polar surface area (TPSA) is 51.0 Å². The normalized spacial score (nSPS) is 19.3. The Bertz CT molecular complexity index is 561. The number of halogens is 1. The van der Waals surface area contributed by atoms with Crippen LogP contribution in [0.15, 0.2) is 27.2 Å². The van der Waals surface area contributed by atoms with E-state index in [0.717, 1.165) is 28.8 Å². The molecule has 2 heterocycles. The number of aryl methyl sites for hydroxylation is 1. The summed E-state index contributed by atoms with van der Waals surface area (Å²) < 4.78 is 6.34. The van der Waals surface area contributed by atoms with Crippen molar-refractivity contribution in [3.8, 4) is 11.5 Å². The summed E-state index contributed by atoms with van der Waals surface area (Å²) >= 11 is 3.53. The zero-order chi connectivity index (χ0) is 12.5. The molecule has 1 aromatic carbocycles. The quantitative estimate of drug-likeness (QED) is 0.925. The van der Waals surface area contributed by atoms with Crippen molar-refractivity contribution in [2.45, 2.75) is 25.8 Å². The van der Waals surface area contributed by atoms with E-state index in [1.807, 2.05) is 18.2 Å². The number of nitrogens with zero attached hydrogens (tertiary/aromatic N) is 2. The molecule has 0 radical (unpaired) electrons. The summed E-state index contributed by atoms with van der Waals surface area (Å²) in [6.07, 6.45) is 2.25. The van der Waals surface area contributed by atoms with Crippen LogP contribution in [0.3, 0.4) is 0 Å². The first-order chi connectivity index (χ1) is 8.74. The molecule has 1 saturated heterocycles. The molecule has 1 aliphatic heterocycles. The Balaban J connectivity index is 1.92. The van der Waals surface area contributed by atoms with Crippen LogP contribution in [0.2, 0.25) is 0 Å². The zero-order valence-corrected chi connectivity index (χ0v) is 11.7. The van der Waals surface area contributed by atoms with E-state index in [9.17, 15) is 0 Å². The Morgan fingerprint density at radius 1 is 1.44 bits per heavy atom. The van der Waals surface area contributed by atoms with Gasteiger partial charge in [-0.15, -0.1) is 0 Å². The van der Waals surface area contributed by atoms with Gasteiger partial charge in [0.05, 0.1) is 11.6 Å². The Morgan fingerprint density at radius 3 is 3.06 bits per heavy atom. The summed E-state index contributed by atoms with van der Waals surface area (Å²) in [4.78, 5) is 4.48. The molecule has 3 rings (SSSR count). The summed E-state index contributed by atoms with van der Waals surface area (Å²) in [6, 6.07) is 6.33. The highest BCUT2D eigenvalue weighted by Gasteiger charge is 2.22. The summed E-state index contributed by atoms with van der Waals surface area (Å²) in [6.45, 7) is 3.08.